The first-order valence-electron chi connectivity index (χ1n) is 8.37. The molecule has 2 aliphatic rings. The summed E-state index contributed by atoms with van der Waals surface area (Å²) in [6, 6.07) is 11.3. The smallest absolute Gasteiger partial charge is 0.0323 e. The van der Waals surface area contributed by atoms with Crippen molar-refractivity contribution in [1.82, 2.24) is 10.2 Å². The van der Waals surface area contributed by atoms with Gasteiger partial charge in [0, 0.05) is 18.1 Å². The Bertz CT molecular complexity index is 420. The van der Waals surface area contributed by atoms with Crippen molar-refractivity contribution >= 4 is 0 Å². The standard InChI is InChI=1S/C18H28N2/c1-3-15-8-10-16(11-9-15)14(2)20-13-5-7-18(20)17-6-4-12-19-17/h8-11,14,17-19H,3-7,12-13H2,1-2H3. The fourth-order valence-electron chi connectivity index (χ4n) is 3.99. The number of nitrogens with one attached hydrogen (secondary N) is 1. The van der Waals surface area contributed by atoms with Gasteiger partial charge in [0.15, 0.2) is 0 Å². The number of hydrogen-bond acceptors (Lipinski definition) is 2. The quantitative estimate of drug-likeness (QED) is 0.902. The Kier molecular flexibility index (Phi) is 4.42. The van der Waals surface area contributed by atoms with Crippen LogP contribution in [0.5, 0.6) is 0 Å². The predicted octanol–water partition coefficient (Wildman–Crippen LogP) is 3.53. The molecule has 2 saturated heterocycles. The Balaban J connectivity index is 1.72. The maximum absolute atomic E-state index is 3.71. The summed E-state index contributed by atoms with van der Waals surface area (Å²) >= 11 is 0. The number of benzene rings is 1. The zero-order chi connectivity index (χ0) is 13.9. The largest absolute Gasteiger partial charge is 0.312 e. The van der Waals surface area contributed by atoms with Crippen molar-refractivity contribution < 1.29 is 0 Å². The Morgan fingerprint density at radius 3 is 2.65 bits per heavy atom. The first-order chi connectivity index (χ1) is 9.79. The zero-order valence-electron chi connectivity index (χ0n) is 12.9. The van der Waals surface area contributed by atoms with Crippen LogP contribution in [0.1, 0.15) is 56.7 Å². The van der Waals surface area contributed by atoms with Gasteiger partial charge in [-0.25, -0.2) is 0 Å². The molecule has 3 atom stereocenters. The molecule has 20 heavy (non-hydrogen) atoms. The predicted molar refractivity (Wildman–Crippen MR) is 85.0 cm³/mol. The van der Waals surface area contributed by atoms with E-state index >= 15 is 0 Å². The lowest BCUT2D eigenvalue weighted by Gasteiger charge is -2.34. The highest BCUT2D eigenvalue weighted by molar-refractivity contribution is 5.25. The summed E-state index contributed by atoms with van der Waals surface area (Å²) in [6.07, 6.45) is 6.58. The van der Waals surface area contributed by atoms with Crippen molar-refractivity contribution in [2.24, 2.45) is 0 Å². The number of hydrogen-bond donors (Lipinski definition) is 1. The van der Waals surface area contributed by atoms with Gasteiger partial charge in [-0.1, -0.05) is 31.2 Å². The summed E-state index contributed by atoms with van der Waals surface area (Å²) in [5.74, 6) is 0. The van der Waals surface area contributed by atoms with Crippen LogP contribution in [0.3, 0.4) is 0 Å². The molecule has 1 aromatic rings. The number of aryl methyl sites for hydroxylation is 1. The van der Waals surface area contributed by atoms with Crippen LogP contribution in [-0.4, -0.2) is 30.1 Å². The van der Waals surface area contributed by atoms with E-state index in [4.69, 9.17) is 0 Å². The van der Waals surface area contributed by atoms with Gasteiger partial charge in [0.25, 0.3) is 0 Å². The first-order valence-corrected chi connectivity index (χ1v) is 8.37. The Morgan fingerprint density at radius 1 is 1.20 bits per heavy atom. The second kappa shape index (κ2) is 6.28. The molecule has 0 radical (unpaired) electrons. The lowest BCUT2D eigenvalue weighted by atomic mass is 9.99. The molecule has 0 spiro atoms. The normalized spacial score (nSPS) is 28.9. The number of nitrogens with zero attached hydrogens (tertiary/aromatic N) is 1. The van der Waals surface area contributed by atoms with Gasteiger partial charge in [-0.2, -0.15) is 0 Å². The highest BCUT2D eigenvalue weighted by atomic mass is 15.2. The van der Waals surface area contributed by atoms with Gasteiger partial charge < -0.3 is 5.32 Å². The molecule has 0 saturated carbocycles. The van der Waals surface area contributed by atoms with Crippen LogP contribution >= 0.6 is 0 Å². The third kappa shape index (κ3) is 2.77. The van der Waals surface area contributed by atoms with Crippen molar-refractivity contribution in [1.29, 1.82) is 0 Å². The second-order valence-electron chi connectivity index (χ2n) is 6.42. The molecule has 2 nitrogen and oxygen atoms in total. The molecule has 0 bridgehead atoms. The fourth-order valence-corrected chi connectivity index (χ4v) is 3.99. The van der Waals surface area contributed by atoms with Crippen molar-refractivity contribution in [3.63, 3.8) is 0 Å². The second-order valence-corrected chi connectivity index (χ2v) is 6.42. The van der Waals surface area contributed by atoms with Gasteiger partial charge in [-0.3, -0.25) is 4.90 Å². The van der Waals surface area contributed by atoms with Crippen LogP contribution in [-0.2, 0) is 6.42 Å². The van der Waals surface area contributed by atoms with Crippen LogP contribution in [0.2, 0.25) is 0 Å². The van der Waals surface area contributed by atoms with Gasteiger partial charge in [0.05, 0.1) is 0 Å². The topological polar surface area (TPSA) is 15.3 Å². The van der Waals surface area contributed by atoms with E-state index < -0.39 is 0 Å². The van der Waals surface area contributed by atoms with E-state index in [0.717, 1.165) is 18.5 Å². The van der Waals surface area contributed by atoms with Gasteiger partial charge in [-0.05, 0) is 63.2 Å². The van der Waals surface area contributed by atoms with Crippen molar-refractivity contribution in [3.8, 4) is 0 Å². The van der Waals surface area contributed by atoms with Crippen LogP contribution in [0.25, 0.3) is 0 Å². The SMILES string of the molecule is CCc1ccc(C(C)N2CCCC2C2CCCN2)cc1. The molecule has 2 heterocycles. The Morgan fingerprint density at radius 2 is 2.00 bits per heavy atom. The van der Waals surface area contributed by atoms with Gasteiger partial charge in [0.2, 0.25) is 0 Å². The molecule has 0 aliphatic carbocycles. The van der Waals surface area contributed by atoms with E-state index in [9.17, 15) is 0 Å². The van der Waals surface area contributed by atoms with Gasteiger partial charge in [0.1, 0.15) is 0 Å². The minimum absolute atomic E-state index is 0.552. The molecule has 0 aromatic heterocycles. The maximum atomic E-state index is 3.71. The van der Waals surface area contributed by atoms with E-state index in [1.165, 1.54) is 49.9 Å². The fraction of sp³-hybridized carbons (Fsp3) is 0.667. The monoisotopic (exact) mass is 272 g/mol. The minimum Gasteiger partial charge on any atom is -0.312 e. The minimum atomic E-state index is 0.552. The van der Waals surface area contributed by atoms with Gasteiger partial charge in [-0.15, -0.1) is 0 Å². The molecule has 110 valence electrons. The van der Waals surface area contributed by atoms with Crippen molar-refractivity contribution in [2.45, 2.75) is 64.1 Å². The highest BCUT2D eigenvalue weighted by Crippen LogP contribution is 2.32. The average molecular weight is 272 g/mol. The molecule has 1 aromatic carbocycles. The summed E-state index contributed by atoms with van der Waals surface area (Å²) in [5.41, 5.74) is 2.92. The summed E-state index contributed by atoms with van der Waals surface area (Å²) in [5, 5.41) is 3.71. The van der Waals surface area contributed by atoms with E-state index in [0.29, 0.717) is 6.04 Å². The molecule has 0 amide bonds. The molecule has 2 fully saturated rings. The molecular weight excluding hydrogens is 244 g/mol. The van der Waals surface area contributed by atoms with Crippen molar-refractivity contribution in [3.05, 3.63) is 35.4 Å². The number of likely N-dealkylation sites (tertiary alicyclic amines) is 1. The summed E-state index contributed by atoms with van der Waals surface area (Å²) < 4.78 is 0. The number of rotatable bonds is 4. The molecule has 3 rings (SSSR count). The average Bonchev–Trinajstić information content (AvgIpc) is 3.16. The molecule has 2 heteroatoms. The van der Waals surface area contributed by atoms with Crippen molar-refractivity contribution in [2.75, 3.05) is 13.1 Å². The van der Waals surface area contributed by atoms with E-state index in [2.05, 4.69) is 48.3 Å². The van der Waals surface area contributed by atoms with Crippen LogP contribution in [0, 0.1) is 0 Å². The Labute approximate surface area is 123 Å². The molecule has 1 N–H and O–H groups in total. The van der Waals surface area contributed by atoms with E-state index in [-0.39, 0.29) is 0 Å². The van der Waals surface area contributed by atoms with Gasteiger partial charge >= 0.3 is 0 Å². The molecule has 2 aliphatic heterocycles. The lowest BCUT2D eigenvalue weighted by molar-refractivity contribution is 0.163. The van der Waals surface area contributed by atoms with Crippen LogP contribution in [0.15, 0.2) is 24.3 Å². The third-order valence-corrected chi connectivity index (χ3v) is 5.27. The summed E-state index contributed by atoms with van der Waals surface area (Å²) in [6.45, 7) is 7.09. The maximum Gasteiger partial charge on any atom is 0.0323 e. The molecular formula is C18H28N2. The summed E-state index contributed by atoms with van der Waals surface area (Å²) in [4.78, 5) is 2.74. The summed E-state index contributed by atoms with van der Waals surface area (Å²) in [7, 11) is 0. The zero-order valence-corrected chi connectivity index (χ0v) is 12.9. The Hall–Kier alpha value is -0.860. The van der Waals surface area contributed by atoms with E-state index in [1.54, 1.807) is 0 Å². The molecule has 3 unspecified atom stereocenters. The highest BCUT2D eigenvalue weighted by Gasteiger charge is 2.35. The first kappa shape index (κ1) is 14.1. The van der Waals surface area contributed by atoms with Crippen LogP contribution in [0.4, 0.5) is 0 Å². The third-order valence-electron chi connectivity index (χ3n) is 5.27. The van der Waals surface area contributed by atoms with E-state index in [1.807, 2.05) is 0 Å². The van der Waals surface area contributed by atoms with Crippen LogP contribution < -0.4 is 5.32 Å². The lowest BCUT2D eigenvalue weighted by Crippen LogP contribution is -2.44.